The highest BCUT2D eigenvalue weighted by atomic mass is 16.6. The van der Waals surface area contributed by atoms with Crippen LogP contribution in [0.1, 0.15) is 136 Å². The molecule has 0 amide bonds. The normalized spacial score (nSPS) is 13.7. The topological polar surface area (TPSA) is 102 Å². The second kappa shape index (κ2) is 33.2. The number of carboxylic acids is 1. The summed E-state index contributed by atoms with van der Waals surface area (Å²) >= 11 is 0. The molecule has 0 aromatic heterocycles. The molecule has 0 aliphatic rings. The van der Waals surface area contributed by atoms with E-state index >= 15 is 0 Å². The summed E-state index contributed by atoms with van der Waals surface area (Å²) in [5.41, 5.74) is 0. The van der Waals surface area contributed by atoms with Crippen molar-refractivity contribution in [2.24, 2.45) is 0 Å². The van der Waals surface area contributed by atoms with Gasteiger partial charge in [-0.1, -0.05) is 126 Å². The molecular formula is C42H71NO7. The Bertz CT molecular complexity index is 1010. The summed E-state index contributed by atoms with van der Waals surface area (Å²) in [7, 11) is 5.37. The van der Waals surface area contributed by atoms with Gasteiger partial charge in [0.2, 0.25) is 0 Å². The van der Waals surface area contributed by atoms with Crippen molar-refractivity contribution in [3.63, 3.8) is 0 Å². The Labute approximate surface area is 305 Å². The Kier molecular flexibility index (Phi) is 31.2. The Morgan fingerprint density at radius 2 is 1.12 bits per heavy atom. The average molecular weight is 702 g/mol. The molecule has 0 saturated carbocycles. The highest BCUT2D eigenvalue weighted by Crippen LogP contribution is 2.12. The van der Waals surface area contributed by atoms with E-state index in [0.717, 1.165) is 57.8 Å². The van der Waals surface area contributed by atoms with Crippen molar-refractivity contribution in [2.75, 3.05) is 41.0 Å². The number of quaternary nitrogens is 1. The lowest BCUT2D eigenvalue weighted by molar-refractivity contribution is -0.889. The van der Waals surface area contributed by atoms with E-state index in [1.165, 1.54) is 38.5 Å². The molecule has 0 spiro atoms. The molecule has 0 aromatic carbocycles. The predicted octanol–water partition coefficient (Wildman–Crippen LogP) is 8.52. The molecular weight excluding hydrogens is 630 g/mol. The number of likely N-dealkylation sites (N-methyl/N-ethyl adjacent to an activating group) is 1. The van der Waals surface area contributed by atoms with E-state index in [9.17, 15) is 19.5 Å². The number of nitrogens with zero attached hydrogens (tertiary/aromatic N) is 1. The van der Waals surface area contributed by atoms with Gasteiger partial charge < -0.3 is 28.6 Å². The summed E-state index contributed by atoms with van der Waals surface area (Å²) < 4.78 is 17.0. The molecule has 0 fully saturated rings. The molecule has 0 N–H and O–H groups in total. The molecule has 0 aromatic rings. The molecule has 0 radical (unpaired) electrons. The molecule has 286 valence electrons. The van der Waals surface area contributed by atoms with Crippen LogP contribution >= 0.6 is 0 Å². The van der Waals surface area contributed by atoms with Crippen LogP contribution in [0.2, 0.25) is 0 Å². The second-order valence-electron chi connectivity index (χ2n) is 13.8. The largest absolute Gasteiger partial charge is 0.544 e. The van der Waals surface area contributed by atoms with Crippen LogP contribution in [0.4, 0.5) is 0 Å². The molecule has 0 aliphatic heterocycles. The second-order valence-corrected chi connectivity index (χ2v) is 13.8. The minimum absolute atomic E-state index is 0.0166. The first-order valence-electron chi connectivity index (χ1n) is 19.3. The molecule has 2 atom stereocenters. The molecule has 0 aliphatic carbocycles. The zero-order chi connectivity index (χ0) is 37.1. The first kappa shape index (κ1) is 47.0. The van der Waals surface area contributed by atoms with Gasteiger partial charge in [-0.25, -0.2) is 0 Å². The first-order chi connectivity index (χ1) is 24.1. The van der Waals surface area contributed by atoms with Crippen molar-refractivity contribution in [2.45, 2.75) is 148 Å². The summed E-state index contributed by atoms with van der Waals surface area (Å²) in [6, 6.07) is -0.735. The lowest BCUT2D eigenvalue weighted by Crippen LogP contribution is -2.55. The van der Waals surface area contributed by atoms with E-state index in [1.807, 2.05) is 0 Å². The number of hydrogen-bond acceptors (Lipinski definition) is 7. The van der Waals surface area contributed by atoms with Gasteiger partial charge in [0, 0.05) is 19.3 Å². The Balaban J connectivity index is 4.52. The molecule has 0 bridgehead atoms. The number of carbonyl (C=O) groups is 3. The minimum Gasteiger partial charge on any atom is -0.544 e. The zero-order valence-corrected chi connectivity index (χ0v) is 32.3. The van der Waals surface area contributed by atoms with Crippen molar-refractivity contribution < 1.29 is 38.2 Å². The van der Waals surface area contributed by atoms with Crippen LogP contribution in [0.3, 0.4) is 0 Å². The molecule has 0 saturated heterocycles. The summed E-state index contributed by atoms with van der Waals surface area (Å²) in [4.78, 5) is 36.6. The number of allylic oxidation sites excluding steroid dienone is 10. The van der Waals surface area contributed by atoms with Crippen LogP contribution in [-0.2, 0) is 28.6 Å². The molecule has 0 heterocycles. The standard InChI is InChI=1S/C42H71NO7/c1-6-8-10-12-14-16-17-18-19-20-21-22-23-25-27-29-31-33-41(45)50-38(36-48-35-34-39(42(46)47)43(3,4)5)37-49-40(44)32-30-28-26-24-15-13-11-9-7-2/h8,10,14,16,18-19,21-22,25,27,38-39H,6-7,9,11-13,15,17,20,23-24,26,28-37H2,1-5H3/b10-8-,16-14-,19-18-,22-21-,27-25-. The first-order valence-corrected chi connectivity index (χ1v) is 19.3. The lowest BCUT2D eigenvalue weighted by atomic mass is 10.1. The Morgan fingerprint density at radius 3 is 1.64 bits per heavy atom. The zero-order valence-electron chi connectivity index (χ0n) is 32.3. The van der Waals surface area contributed by atoms with Crippen LogP contribution in [-0.4, -0.2) is 75.5 Å². The van der Waals surface area contributed by atoms with Gasteiger partial charge in [-0.15, -0.1) is 0 Å². The predicted molar refractivity (Wildman–Crippen MR) is 203 cm³/mol. The fourth-order valence-electron chi connectivity index (χ4n) is 5.16. The van der Waals surface area contributed by atoms with Crippen molar-refractivity contribution in [3.8, 4) is 0 Å². The monoisotopic (exact) mass is 702 g/mol. The number of ether oxygens (including phenoxy) is 3. The Hall–Kier alpha value is -2.97. The fraction of sp³-hybridized carbons (Fsp3) is 0.690. The maximum Gasteiger partial charge on any atom is 0.306 e. The van der Waals surface area contributed by atoms with E-state index in [0.29, 0.717) is 12.8 Å². The van der Waals surface area contributed by atoms with Gasteiger partial charge in [0.05, 0.1) is 40.3 Å². The highest BCUT2D eigenvalue weighted by molar-refractivity contribution is 5.70. The third-order valence-electron chi connectivity index (χ3n) is 8.17. The molecule has 2 unspecified atom stereocenters. The maximum absolute atomic E-state index is 12.6. The summed E-state index contributed by atoms with van der Waals surface area (Å²) in [6.45, 7) is 4.44. The highest BCUT2D eigenvalue weighted by Gasteiger charge is 2.25. The van der Waals surface area contributed by atoms with Crippen LogP contribution in [0.15, 0.2) is 60.8 Å². The summed E-state index contributed by atoms with van der Waals surface area (Å²) in [6.07, 6.45) is 38.3. The average Bonchev–Trinajstić information content (AvgIpc) is 3.06. The number of esters is 2. The van der Waals surface area contributed by atoms with E-state index < -0.39 is 18.1 Å². The Morgan fingerprint density at radius 1 is 0.620 bits per heavy atom. The van der Waals surface area contributed by atoms with Gasteiger partial charge in [-0.2, -0.15) is 0 Å². The van der Waals surface area contributed by atoms with Crippen LogP contribution in [0.5, 0.6) is 0 Å². The van der Waals surface area contributed by atoms with E-state index in [4.69, 9.17) is 14.2 Å². The van der Waals surface area contributed by atoms with Crippen molar-refractivity contribution in [1.29, 1.82) is 0 Å². The van der Waals surface area contributed by atoms with Crippen molar-refractivity contribution in [3.05, 3.63) is 60.8 Å². The van der Waals surface area contributed by atoms with Gasteiger partial charge >= 0.3 is 11.9 Å². The van der Waals surface area contributed by atoms with E-state index in [-0.39, 0.29) is 49.1 Å². The number of aliphatic carboxylic acids is 1. The molecule has 8 nitrogen and oxygen atoms in total. The van der Waals surface area contributed by atoms with Crippen LogP contribution < -0.4 is 5.11 Å². The number of carboxylic acid groups (broad SMARTS) is 1. The van der Waals surface area contributed by atoms with Crippen LogP contribution in [0.25, 0.3) is 0 Å². The lowest BCUT2D eigenvalue weighted by Gasteiger charge is -2.34. The molecule has 8 heteroatoms. The van der Waals surface area contributed by atoms with Crippen LogP contribution in [0, 0.1) is 0 Å². The third kappa shape index (κ3) is 31.0. The fourth-order valence-corrected chi connectivity index (χ4v) is 5.16. The quantitative estimate of drug-likeness (QED) is 0.0293. The number of carbonyl (C=O) groups excluding carboxylic acids is 3. The van der Waals surface area contributed by atoms with Crippen molar-refractivity contribution >= 4 is 17.9 Å². The number of rotatable bonds is 33. The number of hydrogen-bond donors (Lipinski definition) is 0. The minimum atomic E-state index is -1.14. The van der Waals surface area contributed by atoms with E-state index in [1.54, 1.807) is 21.1 Å². The number of unbranched alkanes of at least 4 members (excludes halogenated alkanes) is 9. The third-order valence-corrected chi connectivity index (χ3v) is 8.17. The van der Waals surface area contributed by atoms with E-state index in [2.05, 4.69) is 74.6 Å². The molecule has 50 heavy (non-hydrogen) atoms. The van der Waals surface area contributed by atoms with Gasteiger partial charge in [0.1, 0.15) is 12.6 Å². The van der Waals surface area contributed by atoms with Gasteiger partial charge in [-0.3, -0.25) is 9.59 Å². The molecule has 0 rings (SSSR count). The SMILES string of the molecule is CC/C=C\C/C=C\C/C=C\C/C=C\C/C=C\CCCC(=O)OC(COCCC(C(=O)[O-])[N+](C)(C)C)COC(=O)CCCCCCCCCCC. The van der Waals surface area contributed by atoms with Crippen molar-refractivity contribution in [1.82, 2.24) is 0 Å². The van der Waals surface area contributed by atoms with Gasteiger partial charge in [0.15, 0.2) is 6.10 Å². The van der Waals surface area contributed by atoms with Gasteiger partial charge in [0.25, 0.3) is 0 Å². The smallest absolute Gasteiger partial charge is 0.306 e. The summed E-state index contributed by atoms with van der Waals surface area (Å²) in [5.74, 6) is -1.82. The maximum atomic E-state index is 12.6. The summed E-state index contributed by atoms with van der Waals surface area (Å²) in [5, 5.41) is 11.6. The van der Waals surface area contributed by atoms with Gasteiger partial charge in [-0.05, 0) is 51.4 Å².